The zero-order valence-electron chi connectivity index (χ0n) is 18.3. The van der Waals surface area contributed by atoms with Crippen LogP contribution in [0.15, 0.2) is 24.9 Å². The van der Waals surface area contributed by atoms with E-state index in [1.54, 1.807) is 25.6 Å². The molecule has 176 valence electrons. The lowest BCUT2D eigenvalue weighted by Crippen LogP contribution is -2.18. The zero-order valence-corrected chi connectivity index (χ0v) is 18.3. The summed E-state index contributed by atoms with van der Waals surface area (Å²) in [5, 5.41) is 6.80. The van der Waals surface area contributed by atoms with Gasteiger partial charge in [-0.25, -0.2) is 15.0 Å². The molecule has 5 rings (SSSR count). The summed E-state index contributed by atoms with van der Waals surface area (Å²) in [5.74, 6) is -0.646. The molecule has 1 aliphatic carbocycles. The second kappa shape index (κ2) is 7.78. The van der Waals surface area contributed by atoms with Crippen LogP contribution in [0.2, 0.25) is 0 Å². The van der Waals surface area contributed by atoms with Crippen LogP contribution in [-0.4, -0.2) is 46.4 Å². The molecule has 0 bridgehead atoms. The summed E-state index contributed by atoms with van der Waals surface area (Å²) in [6.07, 6.45) is 3.54. The number of anilines is 2. The fourth-order valence-corrected chi connectivity index (χ4v) is 3.80. The number of hydrogen-bond acceptors (Lipinski definition) is 7. The maximum absolute atomic E-state index is 12.8. The molecule has 0 saturated heterocycles. The number of carbonyl (C=O) groups excluding carboxylic acids is 1. The van der Waals surface area contributed by atoms with Gasteiger partial charge in [0, 0.05) is 30.9 Å². The number of carbonyl (C=O) groups is 1. The summed E-state index contributed by atoms with van der Waals surface area (Å²) >= 11 is 0. The van der Waals surface area contributed by atoms with Crippen molar-refractivity contribution in [2.45, 2.75) is 38.4 Å². The van der Waals surface area contributed by atoms with Gasteiger partial charge in [0.25, 0.3) is 5.91 Å². The molecule has 0 aliphatic heterocycles. The van der Waals surface area contributed by atoms with Gasteiger partial charge < -0.3 is 15.6 Å². The molecule has 1 aliphatic rings. The summed E-state index contributed by atoms with van der Waals surface area (Å²) in [6, 6.07) is 0. The number of amides is 1. The predicted molar refractivity (Wildman–Crippen MR) is 116 cm³/mol. The number of aryl methyl sites for hydroxylation is 2. The highest BCUT2D eigenvalue weighted by atomic mass is 19.4. The highest BCUT2D eigenvalue weighted by Gasteiger charge is 2.33. The summed E-state index contributed by atoms with van der Waals surface area (Å²) in [7, 11) is 1.84. The van der Waals surface area contributed by atoms with Crippen LogP contribution in [0.1, 0.15) is 40.6 Å². The number of nitrogens with one attached hydrogen (secondary N) is 1. The summed E-state index contributed by atoms with van der Waals surface area (Å²) in [6.45, 7) is 0.313. The summed E-state index contributed by atoms with van der Waals surface area (Å²) < 4.78 is 40.9. The number of nitrogens with zero attached hydrogens (tertiary/aromatic N) is 7. The first-order valence-electron chi connectivity index (χ1n) is 10.5. The van der Waals surface area contributed by atoms with Gasteiger partial charge in [0.2, 0.25) is 0 Å². The lowest BCUT2D eigenvalue weighted by atomic mass is 10.1. The molecule has 0 radical (unpaired) electrons. The van der Waals surface area contributed by atoms with Crippen molar-refractivity contribution in [1.82, 2.24) is 34.3 Å². The van der Waals surface area contributed by atoms with E-state index >= 15 is 0 Å². The highest BCUT2D eigenvalue weighted by Crippen LogP contribution is 2.44. The molecular weight excluding hydrogens is 451 g/mol. The minimum atomic E-state index is -4.42. The molecule has 34 heavy (non-hydrogen) atoms. The van der Waals surface area contributed by atoms with E-state index in [1.807, 2.05) is 11.6 Å². The first-order valence-corrected chi connectivity index (χ1v) is 10.5. The van der Waals surface area contributed by atoms with Crippen molar-refractivity contribution in [1.29, 1.82) is 0 Å². The van der Waals surface area contributed by atoms with Crippen molar-refractivity contribution in [2.75, 3.05) is 5.32 Å². The largest absolute Gasteiger partial charge is 0.408 e. The summed E-state index contributed by atoms with van der Waals surface area (Å²) in [5.41, 5.74) is 9.22. The SMILES string of the molecule is Cc1nn(CC(F)(F)F)cc1Nc1nc(C2CC2)c(-c2cncc3c2ncn3C)nc1C(N)=O. The van der Waals surface area contributed by atoms with E-state index in [1.165, 1.54) is 6.20 Å². The summed E-state index contributed by atoms with van der Waals surface area (Å²) in [4.78, 5) is 30.3. The first kappa shape index (κ1) is 21.8. The van der Waals surface area contributed by atoms with Crippen molar-refractivity contribution in [3.8, 4) is 11.3 Å². The number of nitrogens with two attached hydrogens (primary N) is 1. The van der Waals surface area contributed by atoms with Gasteiger partial charge in [-0.1, -0.05) is 0 Å². The van der Waals surface area contributed by atoms with Gasteiger partial charge >= 0.3 is 6.18 Å². The molecular formula is C21H20F3N9O. The molecule has 1 amide bonds. The van der Waals surface area contributed by atoms with E-state index in [0.717, 1.165) is 23.0 Å². The average molecular weight is 471 g/mol. The van der Waals surface area contributed by atoms with Crippen LogP contribution in [0.4, 0.5) is 24.7 Å². The minimum Gasteiger partial charge on any atom is -0.364 e. The molecule has 1 saturated carbocycles. The van der Waals surface area contributed by atoms with Crippen LogP contribution < -0.4 is 11.1 Å². The molecule has 3 N–H and O–H groups in total. The average Bonchev–Trinajstić information content (AvgIpc) is 3.46. The van der Waals surface area contributed by atoms with Gasteiger partial charge in [0.1, 0.15) is 12.1 Å². The van der Waals surface area contributed by atoms with Crippen molar-refractivity contribution >= 4 is 28.4 Å². The van der Waals surface area contributed by atoms with Gasteiger partial charge in [0.15, 0.2) is 11.5 Å². The number of rotatable bonds is 6. The predicted octanol–water partition coefficient (Wildman–Crippen LogP) is 3.21. The van der Waals surface area contributed by atoms with Crippen LogP contribution in [0.5, 0.6) is 0 Å². The third-order valence-electron chi connectivity index (χ3n) is 5.55. The third-order valence-corrected chi connectivity index (χ3v) is 5.55. The Morgan fingerprint density at radius 3 is 2.71 bits per heavy atom. The molecule has 4 aromatic heterocycles. The van der Waals surface area contributed by atoms with E-state index in [9.17, 15) is 18.0 Å². The highest BCUT2D eigenvalue weighted by molar-refractivity contribution is 5.98. The van der Waals surface area contributed by atoms with Gasteiger partial charge in [-0.15, -0.1) is 0 Å². The van der Waals surface area contributed by atoms with E-state index < -0.39 is 18.6 Å². The lowest BCUT2D eigenvalue weighted by Gasteiger charge is -2.14. The van der Waals surface area contributed by atoms with E-state index in [2.05, 4.69) is 30.4 Å². The quantitative estimate of drug-likeness (QED) is 0.442. The van der Waals surface area contributed by atoms with Crippen LogP contribution in [0, 0.1) is 6.92 Å². The van der Waals surface area contributed by atoms with Crippen LogP contribution in [-0.2, 0) is 13.6 Å². The van der Waals surface area contributed by atoms with Crippen LogP contribution in [0.3, 0.4) is 0 Å². The molecule has 0 unspecified atom stereocenters. The van der Waals surface area contributed by atoms with Crippen LogP contribution in [0.25, 0.3) is 22.3 Å². The maximum Gasteiger partial charge on any atom is 0.408 e. The normalized spacial score (nSPS) is 14.0. The molecule has 10 nitrogen and oxygen atoms in total. The van der Waals surface area contributed by atoms with E-state index in [0.29, 0.717) is 28.2 Å². The number of aromatic nitrogens is 7. The number of primary amides is 1. The monoisotopic (exact) mass is 471 g/mol. The van der Waals surface area contributed by atoms with Crippen molar-refractivity contribution in [3.63, 3.8) is 0 Å². The Hall–Kier alpha value is -4.03. The maximum atomic E-state index is 12.8. The van der Waals surface area contributed by atoms with Gasteiger partial charge in [0.05, 0.1) is 40.8 Å². The fourth-order valence-electron chi connectivity index (χ4n) is 3.80. The topological polar surface area (TPSA) is 129 Å². The Labute approximate surface area is 191 Å². The van der Waals surface area contributed by atoms with Crippen molar-refractivity contribution in [2.24, 2.45) is 12.8 Å². The second-order valence-electron chi connectivity index (χ2n) is 8.27. The Balaban J connectivity index is 1.61. The molecule has 4 aromatic rings. The fraction of sp³-hybridized carbons (Fsp3) is 0.333. The Bertz CT molecular complexity index is 1420. The van der Waals surface area contributed by atoms with Gasteiger partial charge in [-0.05, 0) is 19.8 Å². The molecule has 4 heterocycles. The molecule has 0 atom stereocenters. The van der Waals surface area contributed by atoms with Crippen molar-refractivity contribution in [3.05, 3.63) is 42.0 Å². The third kappa shape index (κ3) is 4.04. The number of pyridine rings is 1. The standard InChI is InChI=1S/C21H20F3N9O/c1-10-13(7-33(31-10)8-21(22,23)24)28-20-18(19(25)34)29-17(15(30-20)11-3-4-11)12-5-26-6-14-16(12)27-9-32(14)2/h5-7,9,11H,3-4,8H2,1-2H3,(H2,25,34)(H,28,30). The number of fused-ring (bicyclic) bond motifs is 1. The molecule has 13 heteroatoms. The number of alkyl halides is 3. The molecule has 0 aromatic carbocycles. The van der Waals surface area contributed by atoms with E-state index in [4.69, 9.17) is 5.73 Å². The number of halogens is 3. The van der Waals surface area contributed by atoms with Crippen LogP contribution >= 0.6 is 0 Å². The second-order valence-corrected chi connectivity index (χ2v) is 8.27. The van der Waals surface area contributed by atoms with E-state index in [-0.39, 0.29) is 23.1 Å². The Kier molecular flexibility index (Phi) is 4.99. The smallest absolute Gasteiger partial charge is 0.364 e. The molecule has 1 fully saturated rings. The zero-order chi connectivity index (χ0) is 24.2. The lowest BCUT2D eigenvalue weighted by molar-refractivity contribution is -0.142. The Morgan fingerprint density at radius 1 is 1.26 bits per heavy atom. The Morgan fingerprint density at radius 2 is 2.03 bits per heavy atom. The van der Waals surface area contributed by atoms with Crippen molar-refractivity contribution < 1.29 is 18.0 Å². The molecule has 0 spiro atoms. The first-order chi connectivity index (χ1) is 16.1. The van der Waals surface area contributed by atoms with Gasteiger partial charge in [-0.2, -0.15) is 18.3 Å². The number of imidazole rings is 1. The van der Waals surface area contributed by atoms with Gasteiger partial charge in [-0.3, -0.25) is 14.5 Å². The number of hydrogen-bond donors (Lipinski definition) is 2. The minimum absolute atomic E-state index is 0.0639.